The van der Waals surface area contributed by atoms with Gasteiger partial charge in [-0.2, -0.15) is 4.98 Å². The van der Waals surface area contributed by atoms with E-state index in [1.54, 1.807) is 24.3 Å². The number of hydrogen-bond acceptors (Lipinski definition) is 8. The van der Waals surface area contributed by atoms with Gasteiger partial charge in [0.25, 0.3) is 5.91 Å². The predicted octanol–water partition coefficient (Wildman–Crippen LogP) is 2.19. The number of carboxylic acids is 1. The lowest BCUT2D eigenvalue weighted by molar-refractivity contribution is -0.126. The molecule has 3 aromatic rings. The maximum atomic E-state index is 15.7. The quantitative estimate of drug-likeness (QED) is 0.294. The standard InChI is InChI=1S/C24H21FN6O5S/c25-24(22(26)34)11-10-15(14-6-2-1-3-7-14)12-19(24)30-23-28-13-16(21(32)33)20(31-23)29-17-8-4-5-9-18(17)37(27,35)36/h1-13,19H,(H2,26,34)(H,32,33)(H2,27,35,36)(H2,28,29,30,31). The topological polar surface area (TPSA) is 190 Å². The normalized spacial score (nSPS) is 19.1. The summed E-state index contributed by atoms with van der Waals surface area (Å²) >= 11 is 0. The second kappa shape index (κ2) is 9.79. The van der Waals surface area contributed by atoms with E-state index in [0.717, 1.165) is 17.8 Å². The number of aromatic nitrogens is 2. The van der Waals surface area contributed by atoms with Gasteiger partial charge in [-0.25, -0.2) is 27.7 Å². The first kappa shape index (κ1) is 25.5. The van der Waals surface area contributed by atoms with Crippen LogP contribution in [0.25, 0.3) is 5.57 Å². The first-order valence-electron chi connectivity index (χ1n) is 10.7. The van der Waals surface area contributed by atoms with Crippen LogP contribution < -0.4 is 21.5 Å². The van der Waals surface area contributed by atoms with Crippen LogP contribution in [0.4, 0.5) is 21.8 Å². The lowest BCUT2D eigenvalue weighted by Crippen LogP contribution is -2.51. The zero-order chi connectivity index (χ0) is 26.8. The molecular formula is C24H21FN6O5S. The highest BCUT2D eigenvalue weighted by Gasteiger charge is 2.44. The SMILES string of the molecule is NC(=O)C1(F)C=CC(c2ccccc2)=CC1Nc1ncc(C(=O)O)c(Nc2ccccc2S(N)(=O)=O)n1. The number of nitrogens with two attached hydrogens (primary N) is 2. The number of nitrogens with one attached hydrogen (secondary N) is 2. The number of carbonyl (C=O) groups is 2. The van der Waals surface area contributed by atoms with Crippen LogP contribution in [-0.2, 0) is 14.8 Å². The van der Waals surface area contributed by atoms with Gasteiger partial charge in [-0.05, 0) is 29.3 Å². The largest absolute Gasteiger partial charge is 0.477 e. The van der Waals surface area contributed by atoms with Gasteiger partial charge in [0.15, 0.2) is 5.82 Å². The van der Waals surface area contributed by atoms with Gasteiger partial charge >= 0.3 is 5.97 Å². The summed E-state index contributed by atoms with van der Waals surface area (Å²) in [6.45, 7) is 0. The second-order valence-electron chi connectivity index (χ2n) is 8.00. The Morgan fingerprint density at radius 3 is 2.41 bits per heavy atom. The third kappa shape index (κ3) is 5.32. The first-order valence-corrected chi connectivity index (χ1v) is 12.2. The van der Waals surface area contributed by atoms with E-state index in [1.807, 2.05) is 6.07 Å². The van der Waals surface area contributed by atoms with E-state index in [1.165, 1.54) is 36.4 Å². The van der Waals surface area contributed by atoms with Gasteiger partial charge < -0.3 is 21.5 Å². The number of aromatic carboxylic acids is 1. The molecule has 190 valence electrons. The molecule has 1 heterocycles. The Morgan fingerprint density at radius 1 is 1.08 bits per heavy atom. The molecule has 0 spiro atoms. The average molecular weight is 525 g/mol. The van der Waals surface area contributed by atoms with Crippen LogP contribution in [0.2, 0.25) is 0 Å². The molecule has 0 saturated heterocycles. The number of allylic oxidation sites excluding steroid dienone is 2. The molecule has 37 heavy (non-hydrogen) atoms. The van der Waals surface area contributed by atoms with Crippen LogP contribution in [0, 0.1) is 0 Å². The summed E-state index contributed by atoms with van der Waals surface area (Å²) in [5.41, 5.74) is 3.60. The molecule has 0 fully saturated rings. The van der Waals surface area contributed by atoms with Gasteiger partial charge in [0.05, 0.1) is 11.7 Å². The highest BCUT2D eigenvalue weighted by atomic mass is 32.2. The molecule has 11 nitrogen and oxygen atoms in total. The van der Waals surface area contributed by atoms with Crippen LogP contribution in [0.5, 0.6) is 0 Å². The fourth-order valence-corrected chi connectivity index (χ4v) is 4.36. The zero-order valence-corrected chi connectivity index (χ0v) is 19.8. The molecule has 2 atom stereocenters. The fraction of sp³-hybridized carbons (Fsp3) is 0.0833. The molecule has 13 heteroatoms. The highest BCUT2D eigenvalue weighted by Crippen LogP contribution is 2.32. The molecule has 1 aliphatic rings. The number of carbonyl (C=O) groups excluding carboxylic acids is 1. The van der Waals surface area contributed by atoms with Gasteiger partial charge in [0.1, 0.15) is 10.5 Å². The number of hydrogen-bond donors (Lipinski definition) is 5. The van der Waals surface area contributed by atoms with Crippen LogP contribution in [0.1, 0.15) is 15.9 Å². The van der Waals surface area contributed by atoms with Crippen LogP contribution >= 0.6 is 0 Å². The van der Waals surface area contributed by atoms with Crippen LogP contribution in [-0.4, -0.2) is 47.1 Å². The third-order valence-electron chi connectivity index (χ3n) is 5.54. The molecule has 7 N–H and O–H groups in total. The number of benzene rings is 2. The Balaban J connectivity index is 1.74. The lowest BCUT2D eigenvalue weighted by Gasteiger charge is -2.30. The molecule has 1 amide bonds. The van der Waals surface area contributed by atoms with Gasteiger partial charge in [-0.3, -0.25) is 4.79 Å². The third-order valence-corrected chi connectivity index (χ3v) is 6.51. The molecule has 0 saturated carbocycles. The van der Waals surface area contributed by atoms with E-state index < -0.39 is 39.2 Å². The van der Waals surface area contributed by atoms with Crippen molar-refractivity contribution in [3.05, 3.63) is 90.1 Å². The minimum atomic E-state index is -4.16. The molecule has 2 unspecified atom stereocenters. The van der Waals surface area contributed by atoms with Crippen molar-refractivity contribution in [2.75, 3.05) is 10.6 Å². The van der Waals surface area contributed by atoms with Gasteiger partial charge in [-0.15, -0.1) is 0 Å². The van der Waals surface area contributed by atoms with Crippen molar-refractivity contribution < 1.29 is 27.5 Å². The molecule has 0 radical (unpaired) electrons. The number of amides is 1. The fourth-order valence-electron chi connectivity index (χ4n) is 3.66. The number of sulfonamides is 1. The molecule has 0 bridgehead atoms. The van der Waals surface area contributed by atoms with E-state index in [4.69, 9.17) is 10.9 Å². The summed E-state index contributed by atoms with van der Waals surface area (Å²) in [4.78, 5) is 31.5. The number of anilines is 3. The smallest absolute Gasteiger partial charge is 0.341 e. The minimum Gasteiger partial charge on any atom is -0.477 e. The Morgan fingerprint density at radius 2 is 1.76 bits per heavy atom. The first-order chi connectivity index (χ1) is 17.5. The number of rotatable bonds is 8. The average Bonchev–Trinajstić information content (AvgIpc) is 2.85. The molecule has 0 aliphatic heterocycles. The number of primary amides is 1. The van der Waals surface area contributed by atoms with Crippen molar-refractivity contribution in [2.45, 2.75) is 16.6 Å². The number of carboxylic acid groups (broad SMARTS) is 1. The predicted molar refractivity (Wildman–Crippen MR) is 134 cm³/mol. The summed E-state index contributed by atoms with van der Waals surface area (Å²) in [6, 6.07) is 13.2. The Labute approximate surface area is 210 Å². The van der Waals surface area contributed by atoms with Crippen LogP contribution in [0.15, 0.2) is 83.9 Å². The highest BCUT2D eigenvalue weighted by molar-refractivity contribution is 7.89. The van der Waals surface area contributed by atoms with Crippen molar-refractivity contribution in [3.63, 3.8) is 0 Å². The maximum absolute atomic E-state index is 15.7. The lowest BCUT2D eigenvalue weighted by atomic mass is 9.86. The number of nitrogens with zero attached hydrogens (tertiary/aromatic N) is 2. The number of alkyl halides is 1. The number of primary sulfonamides is 1. The minimum absolute atomic E-state index is 0.0408. The van der Waals surface area contributed by atoms with E-state index in [-0.39, 0.29) is 22.3 Å². The summed E-state index contributed by atoms with van der Waals surface area (Å²) in [5, 5.41) is 20.2. The Hall–Kier alpha value is -4.62. The Kier molecular flexibility index (Phi) is 6.74. The maximum Gasteiger partial charge on any atom is 0.341 e. The van der Waals surface area contributed by atoms with E-state index in [2.05, 4.69) is 20.6 Å². The molecule has 2 aromatic carbocycles. The van der Waals surface area contributed by atoms with Crippen molar-refractivity contribution >= 4 is 44.9 Å². The van der Waals surface area contributed by atoms with Crippen molar-refractivity contribution in [2.24, 2.45) is 10.9 Å². The molecule has 1 aliphatic carbocycles. The summed E-state index contributed by atoms with van der Waals surface area (Å²) < 4.78 is 39.6. The molecule has 4 rings (SSSR count). The summed E-state index contributed by atoms with van der Waals surface area (Å²) in [5.74, 6) is -3.23. The number of halogens is 1. The van der Waals surface area contributed by atoms with E-state index in [9.17, 15) is 23.1 Å². The van der Waals surface area contributed by atoms with Crippen LogP contribution in [0.3, 0.4) is 0 Å². The Bertz CT molecular complexity index is 1540. The summed E-state index contributed by atoms with van der Waals surface area (Å²) in [7, 11) is -4.16. The molecule has 1 aromatic heterocycles. The van der Waals surface area contributed by atoms with Crippen molar-refractivity contribution in [1.82, 2.24) is 9.97 Å². The van der Waals surface area contributed by atoms with E-state index >= 15 is 4.39 Å². The van der Waals surface area contributed by atoms with Gasteiger partial charge in [0, 0.05) is 6.20 Å². The second-order valence-corrected chi connectivity index (χ2v) is 9.53. The summed E-state index contributed by atoms with van der Waals surface area (Å²) in [6.07, 6.45) is 4.86. The van der Waals surface area contributed by atoms with Crippen molar-refractivity contribution in [3.8, 4) is 0 Å². The zero-order valence-electron chi connectivity index (χ0n) is 19.0. The monoisotopic (exact) mass is 524 g/mol. The van der Waals surface area contributed by atoms with E-state index in [0.29, 0.717) is 5.57 Å². The van der Waals surface area contributed by atoms with Gasteiger partial charge in [-0.1, -0.05) is 54.6 Å². The van der Waals surface area contributed by atoms with Gasteiger partial charge in [0.2, 0.25) is 21.6 Å². The number of para-hydroxylation sites is 1. The van der Waals surface area contributed by atoms with Crippen molar-refractivity contribution in [1.29, 1.82) is 0 Å². The molecular weight excluding hydrogens is 503 g/mol.